The van der Waals surface area contributed by atoms with E-state index in [1.807, 2.05) is 37.3 Å². The predicted octanol–water partition coefficient (Wildman–Crippen LogP) is 2.48. The van der Waals surface area contributed by atoms with Crippen molar-refractivity contribution >= 4 is 17.7 Å². The van der Waals surface area contributed by atoms with Gasteiger partial charge in [-0.15, -0.1) is 11.8 Å². The largest absolute Gasteiger partial charge is 0.462 e. The van der Waals surface area contributed by atoms with Gasteiger partial charge in [-0.05, 0) is 19.1 Å². The third-order valence-electron chi connectivity index (χ3n) is 2.15. The predicted molar refractivity (Wildman–Crippen MR) is 56.3 cm³/mol. The molecule has 3 heteroatoms. The van der Waals surface area contributed by atoms with Gasteiger partial charge in [-0.25, -0.2) is 0 Å². The van der Waals surface area contributed by atoms with Gasteiger partial charge in [-0.2, -0.15) is 0 Å². The number of hydrogen-bond donors (Lipinski definition) is 0. The minimum absolute atomic E-state index is 0.0209. The van der Waals surface area contributed by atoms with Crippen LogP contribution in [-0.4, -0.2) is 17.3 Å². The fourth-order valence-electron chi connectivity index (χ4n) is 1.48. The molecule has 1 aliphatic rings. The third-order valence-corrected chi connectivity index (χ3v) is 3.36. The molecule has 1 saturated heterocycles. The molecule has 0 N–H and O–H groups in total. The number of benzene rings is 1. The summed E-state index contributed by atoms with van der Waals surface area (Å²) in [5, 5.41) is -0.0209. The maximum atomic E-state index is 11.3. The molecule has 2 nitrogen and oxygen atoms in total. The van der Waals surface area contributed by atoms with Crippen LogP contribution < -0.4 is 0 Å². The van der Waals surface area contributed by atoms with E-state index in [0.29, 0.717) is 0 Å². The van der Waals surface area contributed by atoms with E-state index in [9.17, 15) is 4.79 Å². The van der Waals surface area contributed by atoms with Crippen LogP contribution in [0.1, 0.15) is 13.3 Å². The van der Waals surface area contributed by atoms with Crippen molar-refractivity contribution in [3.8, 4) is 0 Å². The standard InChI is InChI=1S/C11H12O2S/c1-8-7-10(11(12)13-8)14-9-5-3-2-4-6-9/h2-6,8,10H,7H2,1H3/t8-,10?/m0/s1. The molecule has 1 aliphatic heterocycles. The normalized spacial score (nSPS) is 26.2. The van der Waals surface area contributed by atoms with Gasteiger partial charge in [0, 0.05) is 11.3 Å². The second-order valence-corrected chi connectivity index (χ2v) is 4.68. The molecule has 1 heterocycles. The molecule has 2 rings (SSSR count). The van der Waals surface area contributed by atoms with E-state index in [1.165, 1.54) is 0 Å². The summed E-state index contributed by atoms with van der Waals surface area (Å²) < 4.78 is 5.09. The van der Waals surface area contributed by atoms with Gasteiger partial charge in [0.1, 0.15) is 11.4 Å². The van der Waals surface area contributed by atoms with Crippen LogP contribution in [0.25, 0.3) is 0 Å². The van der Waals surface area contributed by atoms with Crippen LogP contribution in [0.15, 0.2) is 35.2 Å². The summed E-state index contributed by atoms with van der Waals surface area (Å²) >= 11 is 1.59. The third kappa shape index (κ3) is 2.10. The minimum atomic E-state index is -0.0775. The van der Waals surface area contributed by atoms with Crippen molar-refractivity contribution in [1.82, 2.24) is 0 Å². The average molecular weight is 208 g/mol. The Morgan fingerprint density at radius 3 is 2.64 bits per heavy atom. The Labute approximate surface area is 87.6 Å². The maximum absolute atomic E-state index is 11.3. The zero-order valence-electron chi connectivity index (χ0n) is 7.97. The lowest BCUT2D eigenvalue weighted by molar-refractivity contribution is -0.140. The molecule has 0 spiro atoms. The molecule has 1 unspecified atom stereocenters. The van der Waals surface area contributed by atoms with Gasteiger partial charge in [0.25, 0.3) is 0 Å². The number of cyclic esters (lactones) is 1. The van der Waals surface area contributed by atoms with Gasteiger partial charge in [-0.1, -0.05) is 18.2 Å². The Kier molecular flexibility index (Phi) is 2.77. The first-order valence-corrected chi connectivity index (χ1v) is 5.56. The molecule has 0 saturated carbocycles. The van der Waals surface area contributed by atoms with E-state index < -0.39 is 0 Å². The van der Waals surface area contributed by atoms with E-state index >= 15 is 0 Å². The van der Waals surface area contributed by atoms with Crippen LogP contribution in [0.2, 0.25) is 0 Å². The van der Waals surface area contributed by atoms with Crippen molar-refractivity contribution in [2.45, 2.75) is 29.6 Å². The molecule has 1 aromatic rings. The second kappa shape index (κ2) is 4.05. The zero-order valence-corrected chi connectivity index (χ0v) is 8.79. The SMILES string of the molecule is C[C@H]1CC(Sc2ccccc2)C(=O)O1. The number of thioether (sulfide) groups is 1. The lowest BCUT2D eigenvalue weighted by Gasteiger charge is -2.04. The van der Waals surface area contributed by atoms with Crippen LogP contribution >= 0.6 is 11.8 Å². The quantitative estimate of drug-likeness (QED) is 0.698. The number of hydrogen-bond acceptors (Lipinski definition) is 3. The van der Waals surface area contributed by atoms with E-state index in [-0.39, 0.29) is 17.3 Å². The van der Waals surface area contributed by atoms with E-state index in [1.54, 1.807) is 11.8 Å². The van der Waals surface area contributed by atoms with Gasteiger partial charge in [0.05, 0.1) is 0 Å². The van der Waals surface area contributed by atoms with E-state index in [0.717, 1.165) is 11.3 Å². The molecule has 0 radical (unpaired) electrons. The van der Waals surface area contributed by atoms with E-state index in [2.05, 4.69) is 0 Å². The summed E-state index contributed by atoms with van der Waals surface area (Å²) in [6, 6.07) is 9.96. The van der Waals surface area contributed by atoms with Gasteiger partial charge in [-0.3, -0.25) is 4.79 Å². The molecule has 74 valence electrons. The second-order valence-electron chi connectivity index (χ2n) is 3.40. The minimum Gasteiger partial charge on any atom is -0.462 e. The molecule has 0 bridgehead atoms. The van der Waals surface area contributed by atoms with Crippen LogP contribution in [0, 0.1) is 0 Å². The first kappa shape index (κ1) is 9.59. The van der Waals surface area contributed by atoms with E-state index in [4.69, 9.17) is 4.74 Å². The Morgan fingerprint density at radius 1 is 1.36 bits per heavy atom. The Hall–Kier alpha value is -0.960. The lowest BCUT2D eigenvalue weighted by Crippen LogP contribution is -2.08. The van der Waals surface area contributed by atoms with Crippen LogP contribution in [0.4, 0.5) is 0 Å². The number of carbonyl (C=O) groups is 1. The highest BCUT2D eigenvalue weighted by Gasteiger charge is 2.32. The molecule has 0 aliphatic carbocycles. The Bertz CT molecular complexity index is 323. The van der Waals surface area contributed by atoms with Crippen LogP contribution in [0.5, 0.6) is 0 Å². The molecule has 1 fully saturated rings. The maximum Gasteiger partial charge on any atom is 0.319 e. The summed E-state index contributed by atoms with van der Waals surface area (Å²) in [6.45, 7) is 1.93. The highest BCUT2D eigenvalue weighted by molar-refractivity contribution is 8.00. The van der Waals surface area contributed by atoms with Crippen molar-refractivity contribution in [2.75, 3.05) is 0 Å². The molecule has 0 aromatic heterocycles. The number of rotatable bonds is 2. The monoisotopic (exact) mass is 208 g/mol. The van der Waals surface area contributed by atoms with Gasteiger partial charge in [0.15, 0.2) is 0 Å². The molecule has 1 aromatic carbocycles. The molecular formula is C11H12O2S. The van der Waals surface area contributed by atoms with Crippen LogP contribution in [0.3, 0.4) is 0 Å². The summed E-state index contributed by atoms with van der Waals surface area (Å²) in [6.07, 6.45) is 0.891. The fourth-order valence-corrected chi connectivity index (χ4v) is 2.64. The molecule has 14 heavy (non-hydrogen) atoms. The van der Waals surface area contributed by atoms with Crippen molar-refractivity contribution in [3.05, 3.63) is 30.3 Å². The summed E-state index contributed by atoms with van der Waals surface area (Å²) in [5.74, 6) is -0.0775. The number of ether oxygens (including phenoxy) is 1. The van der Waals surface area contributed by atoms with Crippen molar-refractivity contribution < 1.29 is 9.53 Å². The first-order valence-electron chi connectivity index (χ1n) is 4.68. The molecule has 0 amide bonds. The molecule has 2 atom stereocenters. The van der Waals surface area contributed by atoms with Gasteiger partial charge >= 0.3 is 5.97 Å². The van der Waals surface area contributed by atoms with Crippen molar-refractivity contribution in [3.63, 3.8) is 0 Å². The molecular weight excluding hydrogens is 196 g/mol. The smallest absolute Gasteiger partial charge is 0.319 e. The van der Waals surface area contributed by atoms with Gasteiger partial charge < -0.3 is 4.74 Å². The number of carbonyl (C=O) groups excluding carboxylic acids is 1. The van der Waals surface area contributed by atoms with Crippen molar-refractivity contribution in [1.29, 1.82) is 0 Å². The Balaban J connectivity index is 2.02. The highest BCUT2D eigenvalue weighted by atomic mass is 32.2. The summed E-state index contributed by atoms with van der Waals surface area (Å²) in [7, 11) is 0. The Morgan fingerprint density at radius 2 is 2.07 bits per heavy atom. The highest BCUT2D eigenvalue weighted by Crippen LogP contribution is 2.31. The zero-order chi connectivity index (χ0) is 9.97. The fraction of sp³-hybridized carbons (Fsp3) is 0.364. The average Bonchev–Trinajstić information content (AvgIpc) is 2.47. The topological polar surface area (TPSA) is 26.3 Å². The summed E-state index contributed by atoms with van der Waals surface area (Å²) in [5.41, 5.74) is 0. The van der Waals surface area contributed by atoms with Crippen molar-refractivity contribution in [2.24, 2.45) is 0 Å². The van der Waals surface area contributed by atoms with Crippen LogP contribution in [-0.2, 0) is 9.53 Å². The first-order chi connectivity index (χ1) is 6.75. The van der Waals surface area contributed by atoms with Gasteiger partial charge in [0.2, 0.25) is 0 Å². The lowest BCUT2D eigenvalue weighted by atomic mass is 10.3. The summed E-state index contributed by atoms with van der Waals surface area (Å²) in [4.78, 5) is 12.5. The number of esters is 1.